The van der Waals surface area contributed by atoms with Crippen molar-refractivity contribution in [2.75, 3.05) is 14.2 Å². The molecule has 0 aliphatic carbocycles. The molecule has 1 aromatic carbocycles. The van der Waals surface area contributed by atoms with Gasteiger partial charge in [-0.15, -0.1) is 0 Å². The minimum atomic E-state index is -0.606. The van der Waals surface area contributed by atoms with Crippen LogP contribution in [-0.2, 0) is 14.3 Å². The molecule has 0 unspecified atom stereocenters. The Kier molecular flexibility index (Phi) is 5.22. The number of rotatable bonds is 4. The number of furan rings is 1. The molecule has 0 spiro atoms. The van der Waals surface area contributed by atoms with E-state index in [1.807, 2.05) is 30.3 Å². The Morgan fingerprint density at radius 1 is 1.28 bits per heavy atom. The maximum absolute atomic E-state index is 12.2. The van der Waals surface area contributed by atoms with Crippen molar-refractivity contribution in [3.8, 4) is 5.75 Å². The lowest BCUT2D eigenvalue weighted by molar-refractivity contribution is -0.135. The molecule has 8 nitrogen and oxygen atoms in total. The third-order valence-electron chi connectivity index (χ3n) is 4.47. The van der Waals surface area contributed by atoms with Gasteiger partial charge in [-0.2, -0.15) is 10.1 Å². The number of hydrogen-bond donors (Lipinski definition) is 0. The number of esters is 1. The fourth-order valence-corrected chi connectivity index (χ4v) is 3.90. The number of hydrogen-bond acceptors (Lipinski definition) is 8. The Bertz CT molecular complexity index is 1020. The lowest BCUT2D eigenvalue weighted by atomic mass is 10.0. The minimum Gasteiger partial charge on any atom is -0.497 e. The van der Waals surface area contributed by atoms with E-state index in [9.17, 15) is 9.59 Å². The Labute approximate surface area is 170 Å². The Morgan fingerprint density at radius 2 is 2.07 bits per heavy atom. The molecular weight excluding hydrogens is 394 g/mol. The fraction of sp³-hybridized carbons (Fsp3) is 0.200. The summed E-state index contributed by atoms with van der Waals surface area (Å²) in [6.07, 6.45) is 3.30. The molecule has 0 saturated heterocycles. The molecular formula is C20H17N3O5S. The van der Waals surface area contributed by atoms with Crippen LogP contribution in [0.5, 0.6) is 5.75 Å². The number of amides is 1. The molecule has 2 aliphatic heterocycles. The van der Waals surface area contributed by atoms with Crippen LogP contribution in [0.2, 0.25) is 0 Å². The fourth-order valence-electron chi connectivity index (χ4n) is 3.03. The van der Waals surface area contributed by atoms with E-state index < -0.39 is 11.9 Å². The van der Waals surface area contributed by atoms with Crippen molar-refractivity contribution < 1.29 is 23.5 Å². The third kappa shape index (κ3) is 3.81. The molecule has 3 heterocycles. The molecule has 0 radical (unpaired) electrons. The topological polar surface area (TPSA) is 93.7 Å². The zero-order chi connectivity index (χ0) is 20.4. The second kappa shape index (κ2) is 7.96. The van der Waals surface area contributed by atoms with Gasteiger partial charge in [0.15, 0.2) is 5.17 Å². The average molecular weight is 411 g/mol. The highest BCUT2D eigenvalue weighted by molar-refractivity contribution is 8.18. The summed E-state index contributed by atoms with van der Waals surface area (Å²) in [4.78, 5) is 28.0. The highest BCUT2D eigenvalue weighted by Gasteiger charge is 2.37. The molecule has 0 bridgehead atoms. The zero-order valence-corrected chi connectivity index (χ0v) is 16.5. The number of thioether (sulfide) groups is 1. The van der Waals surface area contributed by atoms with Crippen LogP contribution in [0.15, 0.2) is 68.2 Å². The number of amidine groups is 1. The average Bonchev–Trinajstić information content (AvgIpc) is 3.48. The van der Waals surface area contributed by atoms with Crippen molar-refractivity contribution in [3.63, 3.8) is 0 Å². The maximum atomic E-state index is 12.2. The van der Waals surface area contributed by atoms with Crippen molar-refractivity contribution in [2.45, 2.75) is 12.5 Å². The first-order chi connectivity index (χ1) is 14.1. The number of carbonyl (C=O) groups is 2. The van der Waals surface area contributed by atoms with Crippen molar-refractivity contribution in [1.29, 1.82) is 0 Å². The number of ether oxygens (including phenoxy) is 2. The summed E-state index contributed by atoms with van der Waals surface area (Å²) in [6.45, 7) is 0. The molecule has 1 amide bonds. The number of nitrogens with zero attached hydrogens (tertiary/aromatic N) is 3. The van der Waals surface area contributed by atoms with Gasteiger partial charge in [0, 0.05) is 12.5 Å². The quantitative estimate of drug-likeness (QED) is 0.564. The van der Waals surface area contributed by atoms with Gasteiger partial charge >= 0.3 is 5.97 Å². The van der Waals surface area contributed by atoms with Gasteiger partial charge in [0.1, 0.15) is 17.2 Å². The van der Waals surface area contributed by atoms with E-state index in [4.69, 9.17) is 9.15 Å². The Morgan fingerprint density at radius 3 is 2.72 bits per heavy atom. The van der Waals surface area contributed by atoms with Gasteiger partial charge in [0.05, 0.1) is 31.4 Å². The van der Waals surface area contributed by atoms with Gasteiger partial charge in [-0.1, -0.05) is 12.1 Å². The molecule has 148 valence electrons. The molecule has 0 N–H and O–H groups in total. The summed E-state index contributed by atoms with van der Waals surface area (Å²) in [5, 5.41) is 6.75. The monoisotopic (exact) mass is 411 g/mol. The summed E-state index contributed by atoms with van der Waals surface area (Å²) < 4.78 is 15.3. The third-order valence-corrected chi connectivity index (χ3v) is 5.45. The molecule has 1 aromatic heterocycles. The van der Waals surface area contributed by atoms with E-state index in [1.54, 1.807) is 24.4 Å². The number of methoxy groups -OCH3 is 2. The number of benzene rings is 1. The summed E-state index contributed by atoms with van der Waals surface area (Å²) in [5.74, 6) is 0.304. The van der Waals surface area contributed by atoms with E-state index >= 15 is 0 Å². The lowest BCUT2D eigenvalue weighted by Crippen LogP contribution is -2.23. The smallest absolute Gasteiger partial charge is 0.331 e. The van der Waals surface area contributed by atoms with Crippen LogP contribution in [0, 0.1) is 0 Å². The largest absolute Gasteiger partial charge is 0.497 e. The summed E-state index contributed by atoms with van der Waals surface area (Å²) >= 11 is 1.09. The van der Waals surface area contributed by atoms with Gasteiger partial charge in [-0.3, -0.25) is 4.79 Å². The first-order valence-electron chi connectivity index (χ1n) is 8.74. The molecule has 9 heteroatoms. The van der Waals surface area contributed by atoms with E-state index in [2.05, 4.69) is 14.8 Å². The highest BCUT2D eigenvalue weighted by atomic mass is 32.2. The molecule has 1 atom stereocenters. The maximum Gasteiger partial charge on any atom is 0.331 e. The molecule has 29 heavy (non-hydrogen) atoms. The van der Waals surface area contributed by atoms with Crippen LogP contribution < -0.4 is 4.74 Å². The highest BCUT2D eigenvalue weighted by Crippen LogP contribution is 2.39. The first kappa shape index (κ1) is 19.0. The van der Waals surface area contributed by atoms with E-state index in [-0.39, 0.29) is 10.9 Å². The summed E-state index contributed by atoms with van der Waals surface area (Å²) in [5.41, 5.74) is 1.73. The summed E-state index contributed by atoms with van der Waals surface area (Å²) in [6, 6.07) is 11.1. The molecule has 0 saturated carbocycles. The van der Waals surface area contributed by atoms with Crippen LogP contribution in [0.4, 0.5) is 0 Å². The predicted octanol–water partition coefficient (Wildman–Crippen LogP) is 3.13. The van der Waals surface area contributed by atoms with Crippen LogP contribution >= 0.6 is 11.8 Å². The number of hydrazone groups is 1. The summed E-state index contributed by atoms with van der Waals surface area (Å²) in [7, 11) is 2.87. The molecule has 2 aromatic rings. The standard InChI is InChI=1S/C20H17N3O5S/c1-26-13-7-5-12(6-8-13)15-10-14(16-4-3-9-28-16)22-23(15)20-21-19(25)17(29-20)11-18(24)27-2/h3-9,11,15H,10H2,1-2H3/b17-11-/t15-/m0/s1. The first-order valence-corrected chi connectivity index (χ1v) is 9.55. The predicted molar refractivity (Wildman–Crippen MR) is 108 cm³/mol. The lowest BCUT2D eigenvalue weighted by Gasteiger charge is -2.22. The van der Waals surface area contributed by atoms with E-state index in [1.165, 1.54) is 7.11 Å². The van der Waals surface area contributed by atoms with Gasteiger partial charge < -0.3 is 13.9 Å². The van der Waals surface area contributed by atoms with Crippen molar-refractivity contribution in [1.82, 2.24) is 5.01 Å². The molecule has 2 aliphatic rings. The second-order valence-corrected chi connectivity index (χ2v) is 7.20. The normalized spacial score (nSPS) is 20.1. The second-order valence-electron chi connectivity index (χ2n) is 6.19. The van der Waals surface area contributed by atoms with Crippen molar-refractivity contribution >= 4 is 34.5 Å². The van der Waals surface area contributed by atoms with Crippen molar-refractivity contribution in [3.05, 3.63) is 65.0 Å². The van der Waals surface area contributed by atoms with Crippen molar-refractivity contribution in [2.24, 2.45) is 10.1 Å². The molecule has 0 fully saturated rings. The van der Waals surface area contributed by atoms with Crippen LogP contribution in [0.1, 0.15) is 23.8 Å². The molecule has 4 rings (SSSR count). The van der Waals surface area contributed by atoms with Gasteiger partial charge in [-0.05, 0) is 41.6 Å². The minimum absolute atomic E-state index is 0.183. The number of aliphatic imine (C=N–C) groups is 1. The Balaban J connectivity index is 1.67. The van der Waals surface area contributed by atoms with Gasteiger partial charge in [0.2, 0.25) is 0 Å². The Hall–Kier alpha value is -3.33. The van der Waals surface area contributed by atoms with Crippen LogP contribution in [0.25, 0.3) is 0 Å². The van der Waals surface area contributed by atoms with E-state index in [0.717, 1.165) is 34.9 Å². The van der Waals surface area contributed by atoms with Crippen LogP contribution in [0.3, 0.4) is 0 Å². The zero-order valence-electron chi connectivity index (χ0n) is 15.7. The number of carbonyl (C=O) groups excluding carboxylic acids is 2. The van der Waals surface area contributed by atoms with Gasteiger partial charge in [0.25, 0.3) is 5.91 Å². The SMILES string of the molecule is COC(=O)/C=C1\SC(N2N=C(c3ccco3)C[C@H]2c2ccc(OC)cc2)=NC1=O. The van der Waals surface area contributed by atoms with Gasteiger partial charge in [-0.25, -0.2) is 9.80 Å². The van der Waals surface area contributed by atoms with E-state index in [0.29, 0.717) is 17.3 Å². The van der Waals surface area contributed by atoms with Crippen LogP contribution in [-0.4, -0.2) is 42.0 Å².